The van der Waals surface area contributed by atoms with Crippen molar-refractivity contribution in [2.45, 2.75) is 64.3 Å². The standard InChI is InChI=1S/C14H26N2O/c1-14(8-9-14)11-15-10-13(17)16-12-6-4-2-3-5-7-12/h12,15H,2-11H2,1H3,(H,16,17). The first-order valence-electron chi connectivity index (χ1n) is 7.18. The van der Waals surface area contributed by atoms with Gasteiger partial charge in [0, 0.05) is 12.6 Å². The Bertz CT molecular complexity index is 253. The third-order valence-electron chi connectivity index (χ3n) is 4.16. The minimum atomic E-state index is 0.182. The molecule has 1 amide bonds. The largest absolute Gasteiger partial charge is 0.352 e. The van der Waals surface area contributed by atoms with Crippen molar-refractivity contribution in [3.8, 4) is 0 Å². The van der Waals surface area contributed by atoms with Crippen LogP contribution in [0.4, 0.5) is 0 Å². The van der Waals surface area contributed by atoms with E-state index < -0.39 is 0 Å². The van der Waals surface area contributed by atoms with E-state index >= 15 is 0 Å². The fourth-order valence-electron chi connectivity index (χ4n) is 2.57. The Morgan fingerprint density at radius 3 is 2.41 bits per heavy atom. The summed E-state index contributed by atoms with van der Waals surface area (Å²) in [6.45, 7) is 3.76. The monoisotopic (exact) mass is 238 g/mol. The van der Waals surface area contributed by atoms with Crippen LogP contribution in [0.5, 0.6) is 0 Å². The van der Waals surface area contributed by atoms with Crippen molar-refractivity contribution in [3.63, 3.8) is 0 Å². The molecule has 0 aliphatic heterocycles. The molecule has 0 heterocycles. The first-order chi connectivity index (χ1) is 8.18. The van der Waals surface area contributed by atoms with Crippen LogP contribution in [0.25, 0.3) is 0 Å². The molecule has 0 aromatic carbocycles. The molecule has 0 radical (unpaired) electrons. The van der Waals surface area contributed by atoms with Crippen molar-refractivity contribution in [2.24, 2.45) is 5.41 Å². The minimum Gasteiger partial charge on any atom is -0.352 e. The summed E-state index contributed by atoms with van der Waals surface area (Å²) in [5.74, 6) is 0.182. The summed E-state index contributed by atoms with van der Waals surface area (Å²) < 4.78 is 0. The van der Waals surface area contributed by atoms with E-state index in [-0.39, 0.29) is 5.91 Å². The van der Waals surface area contributed by atoms with Crippen LogP contribution in [-0.4, -0.2) is 25.0 Å². The molecular weight excluding hydrogens is 212 g/mol. The zero-order chi connectivity index (χ0) is 12.1. The van der Waals surface area contributed by atoms with Gasteiger partial charge < -0.3 is 10.6 Å². The summed E-state index contributed by atoms with van der Waals surface area (Å²) in [6, 6.07) is 0.434. The number of nitrogens with one attached hydrogen (secondary N) is 2. The number of carbonyl (C=O) groups excluding carboxylic acids is 1. The van der Waals surface area contributed by atoms with Gasteiger partial charge in [-0.05, 0) is 31.1 Å². The third kappa shape index (κ3) is 4.66. The van der Waals surface area contributed by atoms with Crippen LogP contribution in [0, 0.1) is 5.41 Å². The predicted octanol–water partition coefficient (Wildman–Crippen LogP) is 2.22. The molecule has 0 spiro atoms. The zero-order valence-electron chi connectivity index (χ0n) is 11.1. The van der Waals surface area contributed by atoms with E-state index in [1.54, 1.807) is 0 Å². The highest BCUT2D eigenvalue weighted by molar-refractivity contribution is 5.78. The lowest BCUT2D eigenvalue weighted by Gasteiger charge is -2.17. The van der Waals surface area contributed by atoms with E-state index in [0.717, 1.165) is 6.54 Å². The first-order valence-corrected chi connectivity index (χ1v) is 7.18. The van der Waals surface area contributed by atoms with E-state index in [4.69, 9.17) is 0 Å². The normalized spacial score (nSPS) is 24.1. The third-order valence-corrected chi connectivity index (χ3v) is 4.16. The van der Waals surface area contributed by atoms with Crippen LogP contribution < -0.4 is 10.6 Å². The fraction of sp³-hybridized carbons (Fsp3) is 0.929. The van der Waals surface area contributed by atoms with Crippen LogP contribution in [0.3, 0.4) is 0 Å². The van der Waals surface area contributed by atoms with Crippen molar-refractivity contribution in [1.82, 2.24) is 10.6 Å². The van der Waals surface area contributed by atoms with Crippen molar-refractivity contribution >= 4 is 5.91 Å². The molecule has 0 aromatic rings. The predicted molar refractivity (Wildman–Crippen MR) is 69.8 cm³/mol. The van der Waals surface area contributed by atoms with Crippen LogP contribution in [0.2, 0.25) is 0 Å². The summed E-state index contributed by atoms with van der Waals surface area (Å²) in [4.78, 5) is 11.8. The van der Waals surface area contributed by atoms with Gasteiger partial charge in [0.05, 0.1) is 6.54 Å². The van der Waals surface area contributed by atoms with Gasteiger partial charge in [0.25, 0.3) is 0 Å². The molecule has 0 unspecified atom stereocenters. The molecule has 3 nitrogen and oxygen atoms in total. The van der Waals surface area contributed by atoms with E-state index in [1.807, 2.05) is 0 Å². The Labute approximate surface area is 105 Å². The molecule has 2 fully saturated rings. The summed E-state index contributed by atoms with van der Waals surface area (Å²) in [7, 11) is 0. The molecule has 2 rings (SSSR count). The van der Waals surface area contributed by atoms with Crippen LogP contribution in [-0.2, 0) is 4.79 Å². The smallest absolute Gasteiger partial charge is 0.234 e. The second-order valence-electron chi connectivity index (χ2n) is 6.17. The minimum absolute atomic E-state index is 0.182. The Morgan fingerprint density at radius 1 is 1.18 bits per heavy atom. The molecule has 2 aliphatic carbocycles. The highest BCUT2D eigenvalue weighted by Crippen LogP contribution is 2.43. The second kappa shape index (κ2) is 5.85. The molecule has 0 saturated heterocycles. The van der Waals surface area contributed by atoms with Crippen molar-refractivity contribution in [2.75, 3.05) is 13.1 Å². The van der Waals surface area contributed by atoms with E-state index in [0.29, 0.717) is 18.0 Å². The highest BCUT2D eigenvalue weighted by Gasteiger charge is 2.36. The average Bonchev–Trinajstić information content (AvgIpc) is 3.04. The fourth-order valence-corrected chi connectivity index (χ4v) is 2.57. The van der Waals surface area contributed by atoms with Gasteiger partial charge in [0.1, 0.15) is 0 Å². The number of hydrogen-bond acceptors (Lipinski definition) is 2. The van der Waals surface area contributed by atoms with E-state index in [2.05, 4.69) is 17.6 Å². The van der Waals surface area contributed by atoms with Crippen LogP contribution in [0.15, 0.2) is 0 Å². The number of hydrogen-bond donors (Lipinski definition) is 2. The lowest BCUT2D eigenvalue weighted by molar-refractivity contribution is -0.121. The number of carbonyl (C=O) groups is 1. The Kier molecular flexibility index (Phi) is 4.43. The first kappa shape index (κ1) is 12.9. The molecule has 3 heteroatoms. The average molecular weight is 238 g/mol. The van der Waals surface area contributed by atoms with E-state index in [9.17, 15) is 4.79 Å². The van der Waals surface area contributed by atoms with Gasteiger partial charge in [-0.25, -0.2) is 0 Å². The maximum atomic E-state index is 11.8. The Morgan fingerprint density at radius 2 is 1.82 bits per heavy atom. The van der Waals surface area contributed by atoms with Gasteiger partial charge in [0.15, 0.2) is 0 Å². The Hall–Kier alpha value is -0.570. The molecular formula is C14H26N2O. The number of rotatable bonds is 5. The molecule has 0 atom stereocenters. The summed E-state index contributed by atoms with van der Waals surface area (Å²) in [5, 5.41) is 6.44. The van der Waals surface area contributed by atoms with Crippen LogP contribution in [0.1, 0.15) is 58.3 Å². The highest BCUT2D eigenvalue weighted by atomic mass is 16.1. The van der Waals surface area contributed by atoms with Gasteiger partial charge >= 0.3 is 0 Å². The molecule has 2 saturated carbocycles. The quantitative estimate of drug-likeness (QED) is 0.721. The van der Waals surface area contributed by atoms with E-state index in [1.165, 1.54) is 51.4 Å². The molecule has 17 heavy (non-hydrogen) atoms. The molecule has 2 aliphatic rings. The zero-order valence-corrected chi connectivity index (χ0v) is 11.1. The topological polar surface area (TPSA) is 41.1 Å². The lowest BCUT2D eigenvalue weighted by Crippen LogP contribution is -2.41. The summed E-state index contributed by atoms with van der Waals surface area (Å²) in [5.41, 5.74) is 0.489. The molecule has 2 N–H and O–H groups in total. The summed E-state index contributed by atoms with van der Waals surface area (Å²) in [6.07, 6.45) is 10.2. The molecule has 98 valence electrons. The van der Waals surface area contributed by atoms with Gasteiger partial charge in [0.2, 0.25) is 5.91 Å². The molecule has 0 bridgehead atoms. The lowest BCUT2D eigenvalue weighted by atomic mass is 10.1. The van der Waals surface area contributed by atoms with Gasteiger partial charge in [-0.1, -0.05) is 32.6 Å². The SMILES string of the molecule is CC1(CNCC(=O)NC2CCCCCC2)CC1. The Balaban J connectivity index is 1.58. The van der Waals surface area contributed by atoms with Gasteiger partial charge in [-0.15, -0.1) is 0 Å². The van der Waals surface area contributed by atoms with Crippen molar-refractivity contribution in [3.05, 3.63) is 0 Å². The van der Waals surface area contributed by atoms with Crippen LogP contribution >= 0.6 is 0 Å². The summed E-state index contributed by atoms with van der Waals surface area (Å²) >= 11 is 0. The van der Waals surface area contributed by atoms with Crippen molar-refractivity contribution < 1.29 is 4.79 Å². The second-order valence-corrected chi connectivity index (χ2v) is 6.17. The molecule has 0 aromatic heterocycles. The van der Waals surface area contributed by atoms with Gasteiger partial charge in [-0.2, -0.15) is 0 Å². The van der Waals surface area contributed by atoms with Crippen molar-refractivity contribution in [1.29, 1.82) is 0 Å². The maximum Gasteiger partial charge on any atom is 0.234 e. The maximum absolute atomic E-state index is 11.8. The number of amides is 1. The van der Waals surface area contributed by atoms with Gasteiger partial charge in [-0.3, -0.25) is 4.79 Å².